The lowest BCUT2D eigenvalue weighted by Gasteiger charge is -2.33. The van der Waals surface area contributed by atoms with Crippen molar-refractivity contribution in [3.63, 3.8) is 0 Å². The van der Waals surface area contributed by atoms with Crippen LogP contribution < -0.4 is 4.74 Å². The molecule has 1 aliphatic heterocycles. The van der Waals surface area contributed by atoms with E-state index in [9.17, 15) is 13.2 Å². The third-order valence-electron chi connectivity index (χ3n) is 4.41. The highest BCUT2D eigenvalue weighted by molar-refractivity contribution is 7.89. The summed E-state index contributed by atoms with van der Waals surface area (Å²) in [5.41, 5.74) is 1.63. The first-order valence-electron chi connectivity index (χ1n) is 8.47. The predicted molar refractivity (Wildman–Crippen MR) is 98.7 cm³/mol. The topological polar surface area (TPSA) is 66.9 Å². The highest BCUT2D eigenvalue weighted by Gasteiger charge is 2.31. The molecule has 2 aromatic rings. The Morgan fingerprint density at radius 1 is 0.962 bits per heavy atom. The number of piperazine rings is 1. The molecule has 1 saturated heterocycles. The van der Waals surface area contributed by atoms with Gasteiger partial charge in [0.2, 0.25) is 10.0 Å². The zero-order valence-electron chi connectivity index (χ0n) is 14.9. The average Bonchev–Trinajstić information content (AvgIpc) is 2.64. The zero-order valence-corrected chi connectivity index (χ0v) is 15.7. The first kappa shape index (κ1) is 18.4. The highest BCUT2D eigenvalue weighted by Crippen LogP contribution is 2.22. The summed E-state index contributed by atoms with van der Waals surface area (Å²) < 4.78 is 32.6. The maximum atomic E-state index is 12.9. The average molecular weight is 374 g/mol. The zero-order chi connectivity index (χ0) is 18.7. The molecule has 0 N–H and O–H groups in total. The van der Waals surface area contributed by atoms with Crippen molar-refractivity contribution in [2.45, 2.75) is 18.7 Å². The Kier molecular flexibility index (Phi) is 5.29. The molecule has 7 heteroatoms. The van der Waals surface area contributed by atoms with Crippen molar-refractivity contribution < 1.29 is 17.9 Å². The standard InChI is InChI=1S/C19H22N2O4S/c1-15-8-9-16(2)18(14-15)26(23,24)21-12-10-20(11-13-21)19(22)25-17-6-4-3-5-7-17/h3-9,14H,10-13H2,1-2H3. The third-order valence-corrected chi connectivity index (χ3v) is 6.45. The van der Waals surface area contributed by atoms with Crippen molar-refractivity contribution in [1.82, 2.24) is 9.21 Å². The van der Waals surface area contributed by atoms with Crippen LogP contribution >= 0.6 is 0 Å². The monoisotopic (exact) mass is 374 g/mol. The Morgan fingerprint density at radius 3 is 2.27 bits per heavy atom. The molecule has 0 radical (unpaired) electrons. The first-order chi connectivity index (χ1) is 12.4. The number of benzene rings is 2. The number of aryl methyl sites for hydroxylation is 2. The fourth-order valence-electron chi connectivity index (χ4n) is 2.89. The van der Waals surface area contributed by atoms with Crippen LogP contribution in [-0.2, 0) is 10.0 Å². The summed E-state index contributed by atoms with van der Waals surface area (Å²) in [4.78, 5) is 14.1. The van der Waals surface area contributed by atoms with Crippen LogP contribution in [0, 0.1) is 13.8 Å². The van der Waals surface area contributed by atoms with Crippen LogP contribution in [0.4, 0.5) is 4.79 Å². The van der Waals surface area contributed by atoms with Gasteiger partial charge in [0.05, 0.1) is 4.90 Å². The molecule has 0 aliphatic carbocycles. The SMILES string of the molecule is Cc1ccc(C)c(S(=O)(=O)N2CCN(C(=O)Oc3ccccc3)CC2)c1. The van der Waals surface area contributed by atoms with E-state index in [0.29, 0.717) is 23.7 Å². The molecule has 138 valence electrons. The van der Waals surface area contributed by atoms with Crippen molar-refractivity contribution >= 4 is 16.1 Å². The van der Waals surface area contributed by atoms with Gasteiger partial charge in [-0.1, -0.05) is 30.3 Å². The van der Waals surface area contributed by atoms with Gasteiger partial charge in [-0.25, -0.2) is 13.2 Å². The van der Waals surface area contributed by atoms with Crippen LogP contribution in [0.15, 0.2) is 53.4 Å². The van der Waals surface area contributed by atoms with Gasteiger partial charge < -0.3 is 9.64 Å². The summed E-state index contributed by atoms with van der Waals surface area (Å²) in [5.74, 6) is 0.475. The van der Waals surface area contributed by atoms with E-state index in [2.05, 4.69) is 0 Å². The lowest BCUT2D eigenvalue weighted by Crippen LogP contribution is -2.51. The molecular weight excluding hydrogens is 352 g/mol. The molecule has 1 heterocycles. The third kappa shape index (κ3) is 3.89. The van der Waals surface area contributed by atoms with E-state index in [1.807, 2.05) is 25.1 Å². The smallest absolute Gasteiger partial charge is 0.410 e. The Hall–Kier alpha value is -2.38. The fourth-order valence-corrected chi connectivity index (χ4v) is 4.62. The summed E-state index contributed by atoms with van der Waals surface area (Å²) in [6, 6.07) is 14.2. The largest absolute Gasteiger partial charge is 0.415 e. The quantitative estimate of drug-likeness (QED) is 0.829. The van der Waals surface area contributed by atoms with Crippen LogP contribution in [0.1, 0.15) is 11.1 Å². The van der Waals surface area contributed by atoms with E-state index < -0.39 is 16.1 Å². The van der Waals surface area contributed by atoms with E-state index in [-0.39, 0.29) is 13.1 Å². The number of carbonyl (C=O) groups excluding carboxylic acids is 1. The normalized spacial score (nSPS) is 15.7. The van der Waals surface area contributed by atoms with E-state index in [1.54, 1.807) is 37.3 Å². The summed E-state index contributed by atoms with van der Waals surface area (Å²) in [6.45, 7) is 4.76. The predicted octanol–water partition coefficient (Wildman–Crippen LogP) is 2.81. The second-order valence-corrected chi connectivity index (χ2v) is 8.25. The number of hydrogen-bond acceptors (Lipinski definition) is 4. The van der Waals surface area contributed by atoms with Gasteiger partial charge in [0, 0.05) is 26.2 Å². The van der Waals surface area contributed by atoms with Gasteiger partial charge >= 0.3 is 6.09 Å². The number of para-hydroxylation sites is 1. The molecule has 1 amide bonds. The minimum absolute atomic E-state index is 0.250. The van der Waals surface area contributed by atoms with E-state index in [1.165, 1.54) is 9.21 Å². The number of sulfonamides is 1. The summed E-state index contributed by atoms with van der Waals surface area (Å²) in [6.07, 6.45) is -0.458. The number of rotatable bonds is 3. The molecular formula is C19H22N2O4S. The first-order valence-corrected chi connectivity index (χ1v) is 9.91. The Morgan fingerprint density at radius 2 is 1.62 bits per heavy atom. The van der Waals surface area contributed by atoms with Gasteiger partial charge in [0.1, 0.15) is 5.75 Å². The molecule has 0 saturated carbocycles. The number of amides is 1. The maximum absolute atomic E-state index is 12.9. The van der Waals surface area contributed by atoms with Crippen LogP contribution in [0.2, 0.25) is 0 Å². The van der Waals surface area contributed by atoms with Gasteiger partial charge in [-0.15, -0.1) is 0 Å². The molecule has 0 atom stereocenters. The lowest BCUT2D eigenvalue weighted by atomic mass is 10.2. The van der Waals surface area contributed by atoms with Gasteiger partial charge in [-0.2, -0.15) is 4.31 Å². The van der Waals surface area contributed by atoms with Gasteiger partial charge in [0.25, 0.3) is 0 Å². The molecule has 0 spiro atoms. The van der Waals surface area contributed by atoms with E-state index in [0.717, 1.165) is 11.1 Å². The molecule has 0 aromatic heterocycles. The molecule has 3 rings (SSSR count). The Balaban J connectivity index is 1.66. The van der Waals surface area contributed by atoms with Crippen molar-refractivity contribution in [1.29, 1.82) is 0 Å². The van der Waals surface area contributed by atoms with Gasteiger partial charge in [-0.05, 0) is 43.2 Å². The van der Waals surface area contributed by atoms with E-state index in [4.69, 9.17) is 4.74 Å². The second kappa shape index (κ2) is 7.47. The van der Waals surface area contributed by atoms with Crippen molar-refractivity contribution in [3.8, 4) is 5.75 Å². The van der Waals surface area contributed by atoms with Crippen LogP contribution in [0.5, 0.6) is 5.75 Å². The summed E-state index contributed by atoms with van der Waals surface area (Å²) in [5, 5.41) is 0. The van der Waals surface area contributed by atoms with Crippen molar-refractivity contribution in [3.05, 3.63) is 59.7 Å². The molecule has 0 bridgehead atoms. The second-order valence-electron chi connectivity index (χ2n) is 6.34. The van der Waals surface area contributed by atoms with Crippen LogP contribution in [-0.4, -0.2) is 49.9 Å². The summed E-state index contributed by atoms with van der Waals surface area (Å²) in [7, 11) is -3.57. The molecule has 1 aliphatic rings. The maximum Gasteiger partial charge on any atom is 0.415 e. The molecule has 1 fully saturated rings. The van der Waals surface area contributed by atoms with Crippen molar-refractivity contribution in [2.24, 2.45) is 0 Å². The molecule has 26 heavy (non-hydrogen) atoms. The summed E-state index contributed by atoms with van der Waals surface area (Å²) >= 11 is 0. The minimum atomic E-state index is -3.57. The van der Waals surface area contributed by atoms with Gasteiger partial charge in [-0.3, -0.25) is 0 Å². The fraction of sp³-hybridized carbons (Fsp3) is 0.316. The van der Waals surface area contributed by atoms with Gasteiger partial charge in [0.15, 0.2) is 0 Å². The number of hydrogen-bond donors (Lipinski definition) is 0. The molecule has 0 unspecified atom stereocenters. The van der Waals surface area contributed by atoms with Crippen LogP contribution in [0.25, 0.3) is 0 Å². The number of ether oxygens (including phenoxy) is 1. The van der Waals surface area contributed by atoms with Crippen LogP contribution in [0.3, 0.4) is 0 Å². The Bertz CT molecular complexity index is 889. The molecule has 2 aromatic carbocycles. The van der Waals surface area contributed by atoms with Crippen molar-refractivity contribution in [2.75, 3.05) is 26.2 Å². The number of carbonyl (C=O) groups is 1. The molecule has 6 nitrogen and oxygen atoms in total. The van der Waals surface area contributed by atoms with E-state index >= 15 is 0 Å². The number of nitrogens with zero attached hydrogens (tertiary/aromatic N) is 2. The minimum Gasteiger partial charge on any atom is -0.410 e. The Labute approximate surface area is 154 Å². The lowest BCUT2D eigenvalue weighted by molar-refractivity contribution is 0.132. The highest BCUT2D eigenvalue weighted by atomic mass is 32.2.